The molecule has 18 heavy (non-hydrogen) atoms. The molecular formula is C10H17NO6S. The predicted molar refractivity (Wildman–Crippen MR) is 62.2 cm³/mol. The van der Waals surface area contributed by atoms with E-state index in [1.54, 1.807) is 6.92 Å². The summed E-state index contributed by atoms with van der Waals surface area (Å²) in [5, 5.41) is 0. The Morgan fingerprint density at radius 2 is 2.06 bits per heavy atom. The monoisotopic (exact) mass is 279 g/mol. The standard InChI is InChI=1S/C10H17NO6S/c1-3-17-9(12)7-18(14,15)11-6-4-5-8(11)10(13)16-2/h8H,3-7H2,1-2H3. The average Bonchev–Trinajstić information content (AvgIpc) is 2.77. The molecule has 0 aromatic rings. The zero-order chi connectivity index (χ0) is 13.8. The molecule has 1 unspecified atom stereocenters. The van der Waals surface area contributed by atoms with Crippen LogP contribution in [0.3, 0.4) is 0 Å². The smallest absolute Gasteiger partial charge is 0.324 e. The van der Waals surface area contributed by atoms with Crippen molar-refractivity contribution in [3.8, 4) is 0 Å². The van der Waals surface area contributed by atoms with Crippen molar-refractivity contribution in [2.24, 2.45) is 0 Å². The molecule has 0 spiro atoms. The highest BCUT2D eigenvalue weighted by Gasteiger charge is 2.40. The van der Waals surface area contributed by atoms with E-state index in [2.05, 4.69) is 9.47 Å². The Morgan fingerprint density at radius 3 is 2.61 bits per heavy atom. The zero-order valence-corrected chi connectivity index (χ0v) is 11.2. The molecule has 104 valence electrons. The molecule has 1 aliphatic rings. The van der Waals surface area contributed by atoms with Gasteiger partial charge in [0.25, 0.3) is 0 Å². The van der Waals surface area contributed by atoms with Crippen LogP contribution in [0.25, 0.3) is 0 Å². The predicted octanol–water partition coefficient (Wildman–Crippen LogP) is -0.483. The maximum Gasteiger partial charge on any atom is 0.324 e. The minimum Gasteiger partial charge on any atom is -0.468 e. The second-order valence-corrected chi connectivity index (χ2v) is 5.77. The fourth-order valence-corrected chi connectivity index (χ4v) is 3.41. The van der Waals surface area contributed by atoms with Crippen molar-refractivity contribution in [3.05, 3.63) is 0 Å². The van der Waals surface area contributed by atoms with Crippen molar-refractivity contribution < 1.29 is 27.5 Å². The summed E-state index contributed by atoms with van der Waals surface area (Å²) in [6.07, 6.45) is 0.983. The van der Waals surface area contributed by atoms with Gasteiger partial charge in [0, 0.05) is 6.54 Å². The topological polar surface area (TPSA) is 90.0 Å². The van der Waals surface area contributed by atoms with Gasteiger partial charge in [0.1, 0.15) is 6.04 Å². The third kappa shape index (κ3) is 3.42. The molecule has 0 aromatic heterocycles. The van der Waals surface area contributed by atoms with Crippen LogP contribution in [0.1, 0.15) is 19.8 Å². The van der Waals surface area contributed by atoms with Gasteiger partial charge >= 0.3 is 11.9 Å². The Kier molecular flexibility index (Phi) is 5.09. The summed E-state index contributed by atoms with van der Waals surface area (Å²) < 4.78 is 34.1. The molecule has 1 rings (SSSR count). The summed E-state index contributed by atoms with van der Waals surface area (Å²) in [5.41, 5.74) is 0. The van der Waals surface area contributed by atoms with E-state index in [4.69, 9.17) is 0 Å². The van der Waals surface area contributed by atoms with E-state index in [1.807, 2.05) is 0 Å². The Balaban J connectivity index is 2.78. The van der Waals surface area contributed by atoms with Gasteiger partial charge in [-0.1, -0.05) is 0 Å². The van der Waals surface area contributed by atoms with Crippen molar-refractivity contribution in [2.45, 2.75) is 25.8 Å². The fraction of sp³-hybridized carbons (Fsp3) is 0.800. The molecule has 0 bridgehead atoms. The molecular weight excluding hydrogens is 262 g/mol. The van der Waals surface area contributed by atoms with E-state index in [1.165, 1.54) is 7.11 Å². The van der Waals surface area contributed by atoms with Gasteiger partial charge in [0.05, 0.1) is 13.7 Å². The highest BCUT2D eigenvalue weighted by atomic mass is 32.2. The van der Waals surface area contributed by atoms with Gasteiger partial charge in [0.2, 0.25) is 10.0 Å². The normalized spacial score (nSPS) is 20.7. The Hall–Kier alpha value is -1.15. The lowest BCUT2D eigenvalue weighted by Crippen LogP contribution is -2.43. The van der Waals surface area contributed by atoms with E-state index in [0.717, 1.165) is 4.31 Å². The average molecular weight is 279 g/mol. The second-order valence-electron chi connectivity index (χ2n) is 3.85. The molecule has 0 radical (unpaired) electrons. The molecule has 1 saturated heterocycles. The van der Waals surface area contributed by atoms with E-state index >= 15 is 0 Å². The van der Waals surface area contributed by atoms with Crippen LogP contribution in [-0.2, 0) is 29.1 Å². The van der Waals surface area contributed by atoms with E-state index in [-0.39, 0.29) is 13.2 Å². The van der Waals surface area contributed by atoms with Crippen LogP contribution >= 0.6 is 0 Å². The van der Waals surface area contributed by atoms with Crippen molar-refractivity contribution in [3.63, 3.8) is 0 Å². The Bertz CT molecular complexity index is 418. The Morgan fingerprint density at radius 1 is 1.39 bits per heavy atom. The van der Waals surface area contributed by atoms with E-state index in [9.17, 15) is 18.0 Å². The Labute approximate surface area is 106 Å². The van der Waals surface area contributed by atoms with Crippen molar-refractivity contribution in [2.75, 3.05) is 26.0 Å². The number of ether oxygens (including phenoxy) is 2. The number of carbonyl (C=O) groups excluding carboxylic acids is 2. The molecule has 0 saturated carbocycles. The van der Waals surface area contributed by atoms with Crippen LogP contribution in [0.5, 0.6) is 0 Å². The SMILES string of the molecule is CCOC(=O)CS(=O)(=O)N1CCCC1C(=O)OC. The summed E-state index contributed by atoms with van der Waals surface area (Å²) >= 11 is 0. The zero-order valence-electron chi connectivity index (χ0n) is 10.4. The molecule has 0 aromatic carbocycles. The number of methoxy groups -OCH3 is 1. The van der Waals surface area contributed by atoms with Crippen LogP contribution in [0.2, 0.25) is 0 Å². The molecule has 0 amide bonds. The first-order valence-corrected chi connectivity index (χ1v) is 7.26. The van der Waals surface area contributed by atoms with Crippen LogP contribution in [0, 0.1) is 0 Å². The number of hydrogen-bond donors (Lipinski definition) is 0. The van der Waals surface area contributed by atoms with Crippen LogP contribution in [0.15, 0.2) is 0 Å². The maximum absolute atomic E-state index is 12.0. The van der Waals surface area contributed by atoms with E-state index < -0.39 is 33.8 Å². The number of rotatable bonds is 5. The molecule has 0 aliphatic carbocycles. The lowest BCUT2D eigenvalue weighted by atomic mass is 10.2. The van der Waals surface area contributed by atoms with Crippen molar-refractivity contribution in [1.29, 1.82) is 0 Å². The quantitative estimate of drug-likeness (QED) is 0.631. The largest absolute Gasteiger partial charge is 0.468 e. The maximum atomic E-state index is 12.0. The third-order valence-corrected chi connectivity index (χ3v) is 4.39. The van der Waals surface area contributed by atoms with Crippen molar-refractivity contribution in [1.82, 2.24) is 4.31 Å². The van der Waals surface area contributed by atoms with Crippen LogP contribution in [0.4, 0.5) is 0 Å². The lowest BCUT2D eigenvalue weighted by Gasteiger charge is -2.21. The number of nitrogens with zero attached hydrogens (tertiary/aromatic N) is 1. The first-order chi connectivity index (χ1) is 8.42. The van der Waals surface area contributed by atoms with Gasteiger partial charge in [-0.15, -0.1) is 0 Å². The van der Waals surface area contributed by atoms with Gasteiger partial charge in [-0.05, 0) is 19.8 Å². The highest BCUT2D eigenvalue weighted by molar-refractivity contribution is 7.89. The van der Waals surface area contributed by atoms with Gasteiger partial charge in [-0.25, -0.2) is 8.42 Å². The summed E-state index contributed by atoms with van der Waals surface area (Å²) in [7, 11) is -2.62. The van der Waals surface area contributed by atoms with Gasteiger partial charge < -0.3 is 9.47 Å². The first kappa shape index (κ1) is 14.9. The summed E-state index contributed by atoms with van der Waals surface area (Å²) in [6.45, 7) is 1.94. The summed E-state index contributed by atoms with van der Waals surface area (Å²) in [4.78, 5) is 22.7. The van der Waals surface area contributed by atoms with Gasteiger partial charge in [-0.2, -0.15) is 4.31 Å². The van der Waals surface area contributed by atoms with Gasteiger partial charge in [0.15, 0.2) is 5.75 Å². The van der Waals surface area contributed by atoms with Crippen LogP contribution < -0.4 is 0 Å². The lowest BCUT2D eigenvalue weighted by molar-refractivity contribution is -0.144. The minimum absolute atomic E-state index is 0.120. The summed E-state index contributed by atoms with van der Waals surface area (Å²) in [5.74, 6) is -2.15. The minimum atomic E-state index is -3.83. The summed E-state index contributed by atoms with van der Waals surface area (Å²) in [6, 6.07) is -0.825. The molecule has 1 heterocycles. The first-order valence-electron chi connectivity index (χ1n) is 5.65. The number of sulfonamides is 1. The molecule has 1 atom stereocenters. The molecule has 1 fully saturated rings. The molecule has 0 N–H and O–H groups in total. The fourth-order valence-electron chi connectivity index (χ4n) is 1.88. The number of esters is 2. The number of hydrogen-bond acceptors (Lipinski definition) is 6. The number of carbonyl (C=O) groups is 2. The van der Waals surface area contributed by atoms with Crippen molar-refractivity contribution >= 4 is 22.0 Å². The third-order valence-electron chi connectivity index (χ3n) is 2.64. The van der Waals surface area contributed by atoms with Crippen LogP contribution in [-0.4, -0.2) is 56.7 Å². The molecule has 8 heteroatoms. The molecule has 1 aliphatic heterocycles. The highest BCUT2D eigenvalue weighted by Crippen LogP contribution is 2.22. The van der Waals surface area contributed by atoms with Gasteiger partial charge in [-0.3, -0.25) is 9.59 Å². The molecule has 7 nitrogen and oxygen atoms in total. The van der Waals surface area contributed by atoms with E-state index in [0.29, 0.717) is 12.8 Å². The second kappa shape index (κ2) is 6.14.